The van der Waals surface area contributed by atoms with Gasteiger partial charge in [0.2, 0.25) is 11.9 Å². The number of aliphatic hydroxyl groups is 10. The highest BCUT2D eigenvalue weighted by Crippen LogP contribution is 2.57. The zero-order valence-corrected chi connectivity index (χ0v) is 43.6. The molecule has 38 nitrogen and oxygen atoms in total. The molecule has 9 heterocycles. The predicted molar refractivity (Wildman–Crippen MR) is 249 cm³/mol. The number of ether oxygens (including phenoxy) is 5. The molecule has 17 N–H and O–H groups in total. The Kier molecular flexibility index (Phi) is 19.5. The molecule has 0 bridgehead atoms. The van der Waals surface area contributed by atoms with Crippen LogP contribution in [-0.2, 0) is 55.3 Å². The van der Waals surface area contributed by atoms with Gasteiger partial charge in [-0.05, 0) is 20.8 Å². The van der Waals surface area contributed by atoms with Crippen LogP contribution in [-0.4, -0.2) is 237 Å². The van der Waals surface area contributed by atoms with Crippen molar-refractivity contribution in [2.24, 2.45) is 0 Å². The molecule has 5 aliphatic rings. The Labute approximate surface area is 437 Å². The lowest BCUT2D eigenvalue weighted by atomic mass is 9.97. The molecule has 0 radical (unpaired) electrons. The van der Waals surface area contributed by atoms with Crippen LogP contribution in [0.15, 0.2) is 22.2 Å². The highest BCUT2D eigenvalue weighted by molar-refractivity contribution is 7.59. The lowest BCUT2D eigenvalue weighted by molar-refractivity contribution is -0.299. The average Bonchev–Trinajstić information content (AvgIpc) is 4.21. The number of phosphoric acid groups is 2. The van der Waals surface area contributed by atoms with Crippen molar-refractivity contribution in [1.29, 1.82) is 0 Å². The van der Waals surface area contributed by atoms with E-state index in [4.69, 9.17) is 39.7 Å². The summed E-state index contributed by atoms with van der Waals surface area (Å²) < 4.78 is 84.2. The number of anilines is 2. The van der Waals surface area contributed by atoms with Crippen molar-refractivity contribution >= 4 is 57.6 Å². The first kappa shape index (κ1) is 61.7. The summed E-state index contributed by atoms with van der Waals surface area (Å²) in [5.41, 5.74) is 9.56. The number of morpholine rings is 1. The Morgan fingerprint density at radius 2 is 1.04 bits per heavy atom. The predicted octanol–water partition coefficient (Wildman–Crippen LogP) is -8.22. The minimum absolute atomic E-state index is 0.0173. The van der Waals surface area contributed by atoms with E-state index < -0.39 is 158 Å². The standard InChI is InChI=1S/C16H25N5O15P2.C14H21N6O8P.C7H14O4/c1-4-7(22)9(24)11(26)15(33-4)35-38(30,31)36-37(28,29)32-2-5-8(23)10(25)14(34-5)21-3-18-6-12(21)19-16(17)20-13(6)27;15-14-17-11-8(12(23)18-14)16-6-20(11)13-10(22)9(21)7(28-13)5-27-29(24,25)19-1-3-26-4-2-19;1-3-5(8)7(10)6(9)4(2)11-3/h3-5,7-11,14-15,22-26H,2H2,1H3,(H,28,29)(H,30,31)(H3,17,19,20,27);6-7,9-10,13,21-22H,1-5H2,(H,24,25)(H3,15,17,18,23);3-10H,1-2H3/p-2/t4?,5-,7-,8?,9?,10?,11?,14-,15-;7-,9?,10?,13-;3-,4?,5?,6-,7?/m111/s1. The molecular weight excluding hydrogens is 1120 g/mol. The van der Waals surface area contributed by atoms with Gasteiger partial charge in [-0.1, -0.05) is 0 Å². The summed E-state index contributed by atoms with van der Waals surface area (Å²) in [6.07, 6.45) is -22.1. The third-order valence-electron chi connectivity index (χ3n) is 12.6. The minimum atomic E-state index is -5.82. The molecule has 78 heavy (non-hydrogen) atoms. The summed E-state index contributed by atoms with van der Waals surface area (Å²) in [6.45, 7) is 4.13. The molecule has 13 unspecified atom stereocenters. The number of nitrogen functional groups attached to an aromatic ring is 2. The number of nitrogens with zero attached hydrogens (tertiary/aromatic N) is 7. The molecule has 0 amide bonds. The topological polar surface area (TPSA) is 585 Å². The van der Waals surface area contributed by atoms with Gasteiger partial charge in [-0.25, -0.2) is 23.5 Å². The van der Waals surface area contributed by atoms with Gasteiger partial charge in [0, 0.05) is 13.1 Å². The summed E-state index contributed by atoms with van der Waals surface area (Å²) in [4.78, 5) is 78.3. The molecule has 440 valence electrons. The van der Waals surface area contributed by atoms with Gasteiger partial charge in [0.25, 0.3) is 26.8 Å². The third kappa shape index (κ3) is 13.7. The Morgan fingerprint density at radius 1 is 0.615 bits per heavy atom. The normalized spacial score (nSPS) is 36.9. The molecule has 41 heteroatoms. The van der Waals surface area contributed by atoms with Gasteiger partial charge in [0.05, 0.1) is 57.4 Å². The third-order valence-corrected chi connectivity index (χ3v) is 16.7. The van der Waals surface area contributed by atoms with Crippen LogP contribution in [0.5, 0.6) is 0 Å². The fraction of sp³-hybridized carbons (Fsp3) is 0.730. The van der Waals surface area contributed by atoms with Crippen LogP contribution in [0.4, 0.5) is 11.9 Å². The Balaban J connectivity index is 0.000000193. The van der Waals surface area contributed by atoms with Gasteiger partial charge in [-0.15, -0.1) is 0 Å². The van der Waals surface area contributed by atoms with Crippen LogP contribution < -0.4 is 32.4 Å². The van der Waals surface area contributed by atoms with Gasteiger partial charge < -0.3 is 105 Å². The maximum atomic E-state index is 12.4. The highest BCUT2D eigenvalue weighted by atomic mass is 31.3. The van der Waals surface area contributed by atoms with Crippen molar-refractivity contribution in [3.05, 3.63) is 33.4 Å². The van der Waals surface area contributed by atoms with Gasteiger partial charge >= 0.3 is 7.75 Å². The lowest BCUT2D eigenvalue weighted by Gasteiger charge is -2.41. The van der Waals surface area contributed by atoms with Gasteiger partial charge in [-0.2, -0.15) is 9.97 Å². The minimum Gasteiger partial charge on any atom is -0.756 e. The molecule has 5 fully saturated rings. The molecular formula is C37H58N11O27P3-2. The van der Waals surface area contributed by atoms with Crippen molar-refractivity contribution < 1.29 is 121 Å². The molecule has 0 aliphatic carbocycles. The van der Waals surface area contributed by atoms with Gasteiger partial charge in [-0.3, -0.25) is 46.9 Å². The van der Waals surface area contributed by atoms with Crippen molar-refractivity contribution in [1.82, 2.24) is 43.7 Å². The molecule has 5 saturated heterocycles. The quantitative estimate of drug-likeness (QED) is 0.0553. The Hall–Kier alpha value is -3.93. The van der Waals surface area contributed by atoms with E-state index in [1.807, 2.05) is 0 Å². The summed E-state index contributed by atoms with van der Waals surface area (Å²) in [7, 11) is -15.7. The number of fused-ring (bicyclic) bond motifs is 2. The number of H-pyrrole nitrogens is 2. The van der Waals surface area contributed by atoms with Crippen LogP contribution >= 0.6 is 23.4 Å². The van der Waals surface area contributed by atoms with Crippen LogP contribution in [0.1, 0.15) is 33.2 Å². The number of nitrogens with one attached hydrogen (secondary N) is 2. The van der Waals surface area contributed by atoms with E-state index in [2.05, 4.69) is 43.3 Å². The van der Waals surface area contributed by atoms with Crippen LogP contribution in [0.3, 0.4) is 0 Å². The average molecular weight is 1180 g/mol. The van der Waals surface area contributed by atoms with Crippen molar-refractivity contribution in [2.75, 3.05) is 51.0 Å². The van der Waals surface area contributed by atoms with E-state index in [9.17, 15) is 89.0 Å². The van der Waals surface area contributed by atoms with Crippen molar-refractivity contribution in [3.63, 3.8) is 0 Å². The molecule has 5 aliphatic heterocycles. The zero-order valence-electron chi connectivity index (χ0n) is 40.9. The van der Waals surface area contributed by atoms with Gasteiger partial charge in [0.15, 0.2) is 41.1 Å². The molecule has 0 spiro atoms. The Morgan fingerprint density at radius 3 is 1.50 bits per heavy atom. The highest BCUT2D eigenvalue weighted by Gasteiger charge is 2.48. The number of nitrogens with two attached hydrogens (primary N) is 2. The summed E-state index contributed by atoms with van der Waals surface area (Å²) in [5.74, 6) is -0.430. The second kappa shape index (κ2) is 24.7. The van der Waals surface area contributed by atoms with Crippen molar-refractivity contribution in [2.45, 2.75) is 131 Å². The number of phosphoric ester groups is 2. The largest absolute Gasteiger partial charge is 0.756 e. The number of aromatic amines is 2. The molecule has 0 aromatic carbocycles. The molecule has 0 saturated carbocycles. The van der Waals surface area contributed by atoms with E-state index in [0.717, 1.165) is 10.9 Å². The zero-order chi connectivity index (χ0) is 57.5. The number of imidazole rings is 2. The molecule has 4 aromatic rings. The second-order valence-electron chi connectivity index (χ2n) is 18.1. The number of rotatable bonds is 13. The maximum Gasteiger partial charge on any atom is 0.405 e. The van der Waals surface area contributed by atoms with Gasteiger partial charge in [0.1, 0.15) is 73.2 Å². The fourth-order valence-corrected chi connectivity index (χ4v) is 11.6. The van der Waals surface area contributed by atoms with E-state index >= 15 is 0 Å². The van der Waals surface area contributed by atoms with Crippen LogP contribution in [0, 0.1) is 0 Å². The molecule has 21 atom stereocenters. The monoisotopic (exact) mass is 1180 g/mol. The van der Waals surface area contributed by atoms with Crippen LogP contribution in [0.25, 0.3) is 22.3 Å². The second-order valence-corrected chi connectivity index (χ2v) is 22.8. The van der Waals surface area contributed by atoms with E-state index in [-0.39, 0.29) is 47.3 Å². The van der Waals surface area contributed by atoms with Crippen LogP contribution in [0.2, 0.25) is 0 Å². The molecule has 4 aromatic heterocycles. The Bertz CT molecular complexity index is 2950. The number of hydrogen-bond acceptors (Lipinski definition) is 32. The number of hydrogen-bond donors (Lipinski definition) is 15. The smallest absolute Gasteiger partial charge is 0.405 e. The number of aliphatic hydroxyl groups excluding tert-OH is 10. The first-order valence-corrected chi connectivity index (χ1v) is 27.7. The van der Waals surface area contributed by atoms with E-state index in [1.165, 1.54) is 22.5 Å². The van der Waals surface area contributed by atoms with E-state index in [1.54, 1.807) is 13.8 Å². The summed E-state index contributed by atoms with van der Waals surface area (Å²) in [5, 5.41) is 98.2. The van der Waals surface area contributed by atoms with E-state index in [0.29, 0.717) is 13.2 Å². The lowest BCUT2D eigenvalue weighted by Crippen LogP contribution is -2.57. The van der Waals surface area contributed by atoms with Crippen molar-refractivity contribution in [3.8, 4) is 0 Å². The number of aromatic nitrogens is 8. The SMILES string of the molecule is CC1O[C@H](C)C(O)C(O)[C@@H]1O.CC1O[C@H](OP(=O)([O-])OP(=O)([O-])OC[C@H]2O[C@@H](n3cnc4c(=O)[nH]c(N)nc43)C(O)C2O)C(O)C(O)[C@@H]1O.Nc1nc2c(ncn2[C@@H]2O[C@H](COP(=O)(O)N3CCOCC3)C(O)C2O)c(=O)[nH]1. The first-order valence-electron chi connectivity index (χ1n) is 23.3. The summed E-state index contributed by atoms with van der Waals surface area (Å²) >= 11 is 0. The first-order chi connectivity index (χ1) is 36.4. The summed E-state index contributed by atoms with van der Waals surface area (Å²) in [6, 6.07) is 0. The molecule has 9 rings (SSSR count). The maximum absolute atomic E-state index is 12.4. The fourth-order valence-electron chi connectivity index (χ4n) is 8.33.